The number of amides is 3. The predicted octanol–water partition coefficient (Wildman–Crippen LogP) is 9.46. The minimum Gasteiger partial charge on any atom is -0.471 e. The van der Waals surface area contributed by atoms with Crippen molar-refractivity contribution in [3.05, 3.63) is 174 Å². The molecule has 498 valence electrons. The molecular weight excluding hydrogens is 1270 g/mol. The summed E-state index contributed by atoms with van der Waals surface area (Å²) in [5.41, 5.74) is 1.06. The number of aryl methyl sites for hydroxylation is 2. The molecular formula is C61H60F9N19O6. The molecule has 0 N–H and O–H groups in total. The van der Waals surface area contributed by atoms with Gasteiger partial charge in [-0.25, -0.2) is 34.9 Å². The summed E-state index contributed by atoms with van der Waals surface area (Å²) in [4.78, 5) is 75.0. The van der Waals surface area contributed by atoms with Crippen LogP contribution in [0.25, 0.3) is 17.1 Å². The molecule has 10 heterocycles. The Morgan fingerprint density at radius 1 is 0.432 bits per heavy atom. The number of carbonyl (C=O) groups excluding carboxylic acids is 3. The van der Waals surface area contributed by atoms with E-state index in [4.69, 9.17) is 14.2 Å². The van der Waals surface area contributed by atoms with Crippen molar-refractivity contribution in [2.45, 2.75) is 128 Å². The van der Waals surface area contributed by atoms with Crippen molar-refractivity contribution in [3.8, 4) is 34.7 Å². The van der Waals surface area contributed by atoms with E-state index in [1.54, 1.807) is 64.1 Å². The van der Waals surface area contributed by atoms with Gasteiger partial charge in [0.15, 0.2) is 22.8 Å². The Hall–Kier alpha value is -10.6. The van der Waals surface area contributed by atoms with Crippen molar-refractivity contribution in [2.24, 2.45) is 0 Å². The number of hydrogen-bond acceptors (Lipinski definition) is 19. The molecule has 0 unspecified atom stereocenters. The van der Waals surface area contributed by atoms with Crippen LogP contribution in [0, 0.1) is 13.8 Å². The molecule has 2 aromatic carbocycles. The zero-order chi connectivity index (χ0) is 67.8. The summed E-state index contributed by atoms with van der Waals surface area (Å²) in [5.74, 6) is -0.760. The topological polar surface area (TPSA) is 271 Å². The van der Waals surface area contributed by atoms with E-state index in [0.29, 0.717) is 111 Å². The second-order valence-electron chi connectivity index (χ2n) is 22.1. The highest BCUT2D eigenvalue weighted by Gasteiger charge is 2.40. The van der Waals surface area contributed by atoms with Crippen LogP contribution >= 0.6 is 0 Å². The summed E-state index contributed by atoms with van der Waals surface area (Å²) in [7, 11) is 0. The van der Waals surface area contributed by atoms with E-state index in [2.05, 4.69) is 65.5 Å². The first-order chi connectivity index (χ1) is 45.3. The van der Waals surface area contributed by atoms with Crippen molar-refractivity contribution in [3.63, 3.8) is 0 Å². The minimum atomic E-state index is -4.57. The van der Waals surface area contributed by atoms with Crippen molar-refractivity contribution >= 4 is 17.7 Å². The van der Waals surface area contributed by atoms with E-state index in [1.165, 1.54) is 51.6 Å². The average Bonchev–Trinajstić information content (AvgIpc) is 1.44. The van der Waals surface area contributed by atoms with Crippen LogP contribution in [0.5, 0.6) is 17.6 Å². The number of likely N-dealkylation sites (tertiary alicyclic amines) is 3. The number of aromatic nitrogens is 16. The van der Waals surface area contributed by atoms with E-state index in [0.717, 1.165) is 24.2 Å². The summed E-state index contributed by atoms with van der Waals surface area (Å²) in [6.07, 6.45) is 2.75. The molecule has 3 aliphatic rings. The van der Waals surface area contributed by atoms with Crippen molar-refractivity contribution in [2.75, 3.05) is 19.6 Å². The van der Waals surface area contributed by atoms with Gasteiger partial charge in [-0.2, -0.15) is 79.7 Å². The van der Waals surface area contributed by atoms with Gasteiger partial charge in [-0.1, -0.05) is 18.2 Å². The molecule has 0 saturated carbocycles. The van der Waals surface area contributed by atoms with Crippen LogP contribution in [0.15, 0.2) is 129 Å². The first-order valence-electron chi connectivity index (χ1n) is 29.7. The van der Waals surface area contributed by atoms with Gasteiger partial charge in [-0.3, -0.25) is 14.4 Å². The van der Waals surface area contributed by atoms with Crippen LogP contribution in [-0.4, -0.2) is 168 Å². The lowest BCUT2D eigenvalue weighted by Gasteiger charge is -2.39. The first-order valence-corrected chi connectivity index (χ1v) is 29.7. The third kappa shape index (κ3) is 16.1. The first kappa shape index (κ1) is 67.3. The molecule has 25 nitrogen and oxygen atoms in total. The SMILES string of the molecule is C[C@H]1[C@H](Oc2cnc(C(F)(F)F)cn2)CCCN1C(=O)c1ccccc1-n1nccn1.Cc1ccc(-n2nccn2)c(C(=O)N2CCC[C@@H](Oc3cnc(C(F)(F)F)cn3)[C@@H]2C)n1.Cc1ccc(C(=O)N2CCC[C@@H](Oc3cnc(C(F)(F)F)cn3)[C@@H]2C)c(-n2nccn2)c1. The van der Waals surface area contributed by atoms with Gasteiger partial charge in [-0.15, -0.1) is 4.80 Å². The number of rotatable bonds is 12. The van der Waals surface area contributed by atoms with Crippen LogP contribution in [0.2, 0.25) is 0 Å². The maximum Gasteiger partial charge on any atom is 0.434 e. The molecule has 95 heavy (non-hydrogen) atoms. The van der Waals surface area contributed by atoms with Gasteiger partial charge in [-0.05, 0) is 115 Å². The predicted molar refractivity (Wildman–Crippen MR) is 315 cm³/mol. The number of carbonyl (C=O) groups is 3. The molecule has 12 rings (SSSR count). The maximum absolute atomic E-state index is 13.4. The van der Waals surface area contributed by atoms with E-state index in [9.17, 15) is 53.9 Å². The largest absolute Gasteiger partial charge is 0.471 e. The molecule has 34 heteroatoms. The number of hydrogen-bond donors (Lipinski definition) is 0. The summed E-state index contributed by atoms with van der Waals surface area (Å²) >= 11 is 0. The molecule has 3 fully saturated rings. The summed E-state index contributed by atoms with van der Waals surface area (Å²) in [6.45, 7) is 10.7. The number of alkyl halides is 9. The molecule has 6 atom stereocenters. The molecule has 0 spiro atoms. The van der Waals surface area contributed by atoms with Crippen LogP contribution in [-0.2, 0) is 18.5 Å². The number of ether oxygens (including phenoxy) is 3. The van der Waals surface area contributed by atoms with E-state index < -0.39 is 53.9 Å². The van der Waals surface area contributed by atoms with Crippen LogP contribution in [0.1, 0.15) is 119 Å². The van der Waals surface area contributed by atoms with Crippen LogP contribution < -0.4 is 14.2 Å². The molecule has 0 aliphatic carbocycles. The Kier molecular flexibility index (Phi) is 20.4. The van der Waals surface area contributed by atoms with E-state index in [-0.39, 0.29) is 59.2 Å². The average molecular weight is 1330 g/mol. The van der Waals surface area contributed by atoms with Gasteiger partial charge in [0, 0.05) is 25.3 Å². The Balaban J connectivity index is 0.000000155. The molecule has 0 radical (unpaired) electrons. The van der Waals surface area contributed by atoms with Crippen LogP contribution in [0.4, 0.5) is 39.5 Å². The van der Waals surface area contributed by atoms with Gasteiger partial charge in [0.2, 0.25) is 17.6 Å². The van der Waals surface area contributed by atoms with E-state index >= 15 is 0 Å². The molecule has 9 aromatic rings. The number of nitrogens with zero attached hydrogens (tertiary/aromatic N) is 19. The molecule has 0 bridgehead atoms. The quantitative estimate of drug-likeness (QED) is 0.103. The highest BCUT2D eigenvalue weighted by atomic mass is 19.4. The Labute approximate surface area is 535 Å². The fourth-order valence-corrected chi connectivity index (χ4v) is 10.8. The number of piperidine rings is 3. The maximum atomic E-state index is 13.4. The lowest BCUT2D eigenvalue weighted by atomic mass is 9.98. The zero-order valence-electron chi connectivity index (χ0n) is 51.3. The second kappa shape index (κ2) is 28.7. The van der Waals surface area contributed by atoms with Gasteiger partial charge >= 0.3 is 18.5 Å². The van der Waals surface area contributed by atoms with Gasteiger partial charge in [0.25, 0.3) is 17.7 Å². The summed E-state index contributed by atoms with van der Waals surface area (Å²) < 4.78 is 132. The summed E-state index contributed by atoms with van der Waals surface area (Å²) in [5, 5.41) is 24.7. The van der Waals surface area contributed by atoms with Crippen molar-refractivity contribution in [1.29, 1.82) is 0 Å². The molecule has 3 amide bonds. The Morgan fingerprint density at radius 3 is 1.19 bits per heavy atom. The van der Waals surface area contributed by atoms with Gasteiger partial charge in [0.05, 0.1) is 115 Å². The number of para-hydroxylation sites is 1. The standard InChI is InChI=1S/C21H21F3N6O2.C20H20F3N7O2.C20H19F3N6O2/c1-13-5-6-15(16(10-13)30-27-7-8-28-30)20(31)29-9-3-4-17(14(29)2)32-19-12-25-18(11-26-19)21(22,23)24;1-12-5-6-14(30-26-7-8-27-30)18(28-12)19(31)29-9-3-4-15(13(29)2)32-17-11-24-16(10-25-17)20(21,22)23;1-13-16(31-18-12-24-17(11-25-18)20(21,22)23)7-4-10-28(13)19(30)14-5-2-3-6-15(14)29-26-8-9-27-29/h5-8,10-12,14,17H,3-4,9H2,1-2H3;5-8,10-11,13,15H,3-4,9H2,1-2H3;2-3,5-6,8-9,11-13,16H,4,7,10H2,1H3/t14-,17+;13-,15+;13-,16+/m000/s1. The number of pyridine rings is 1. The highest BCUT2D eigenvalue weighted by Crippen LogP contribution is 2.33. The third-order valence-electron chi connectivity index (χ3n) is 15.7. The normalized spacial score (nSPS) is 19.2. The molecule has 3 aliphatic heterocycles. The monoisotopic (exact) mass is 1330 g/mol. The fraction of sp³-hybridized carbons (Fsp3) is 0.377. The lowest BCUT2D eigenvalue weighted by Crippen LogP contribution is -2.51. The number of benzene rings is 2. The second-order valence-corrected chi connectivity index (χ2v) is 22.1. The molecule has 3 saturated heterocycles. The smallest absolute Gasteiger partial charge is 0.434 e. The summed E-state index contributed by atoms with van der Waals surface area (Å²) in [6, 6.07) is 14.9. The van der Waals surface area contributed by atoms with Gasteiger partial charge in [0.1, 0.15) is 24.0 Å². The number of halogens is 9. The highest BCUT2D eigenvalue weighted by molar-refractivity contribution is 5.99. The van der Waals surface area contributed by atoms with Crippen molar-refractivity contribution in [1.82, 2.24) is 94.6 Å². The van der Waals surface area contributed by atoms with Crippen LogP contribution in [0.3, 0.4) is 0 Å². The Morgan fingerprint density at radius 2 is 0.800 bits per heavy atom. The Bertz CT molecular complexity index is 4040. The fourth-order valence-electron chi connectivity index (χ4n) is 10.8. The zero-order valence-corrected chi connectivity index (χ0v) is 51.3. The van der Waals surface area contributed by atoms with Crippen molar-refractivity contribution < 1.29 is 68.1 Å². The minimum absolute atomic E-state index is 0.0130. The van der Waals surface area contributed by atoms with Gasteiger partial charge < -0.3 is 28.9 Å². The van der Waals surface area contributed by atoms with E-state index in [1.807, 2.05) is 39.8 Å². The third-order valence-corrected chi connectivity index (χ3v) is 15.7. The lowest BCUT2D eigenvalue weighted by molar-refractivity contribution is -0.142. The molecule has 7 aromatic heterocycles.